The molecule has 23 heavy (non-hydrogen) atoms. The summed E-state index contributed by atoms with van der Waals surface area (Å²) in [5.41, 5.74) is 4.97. The van der Waals surface area contributed by atoms with E-state index in [0.29, 0.717) is 12.0 Å². The van der Waals surface area contributed by atoms with Crippen LogP contribution in [0.15, 0.2) is 42.5 Å². The van der Waals surface area contributed by atoms with Crippen LogP contribution in [0.2, 0.25) is 0 Å². The Hall–Kier alpha value is -1.85. The van der Waals surface area contributed by atoms with Crippen molar-refractivity contribution in [1.82, 2.24) is 4.98 Å². The normalized spacial score (nSPS) is 19.7. The van der Waals surface area contributed by atoms with Crippen molar-refractivity contribution in [2.24, 2.45) is 0 Å². The van der Waals surface area contributed by atoms with E-state index in [1.807, 2.05) is 0 Å². The maximum atomic E-state index is 5.21. The van der Waals surface area contributed by atoms with Gasteiger partial charge < -0.3 is 15.2 Å². The number of hydrogen-bond donors (Lipinski definition) is 2. The van der Waals surface area contributed by atoms with Crippen LogP contribution in [0, 0.1) is 3.95 Å². The number of H-pyrrole nitrogens is 1. The molecule has 2 atom stereocenters. The van der Waals surface area contributed by atoms with Gasteiger partial charge in [-0.3, -0.25) is 0 Å². The molecule has 2 unspecified atom stereocenters. The van der Waals surface area contributed by atoms with Gasteiger partial charge in [-0.25, -0.2) is 0 Å². The zero-order valence-electron chi connectivity index (χ0n) is 13.2. The molecule has 1 aliphatic carbocycles. The SMILES string of the molecule is CN(C)c1ccc(C2CC2Nc2ccc3[nH]c(=S)sc3c2)cc1. The molecule has 1 aromatic heterocycles. The number of aromatic nitrogens is 1. The molecule has 0 aliphatic heterocycles. The summed E-state index contributed by atoms with van der Waals surface area (Å²) < 4.78 is 2.05. The maximum absolute atomic E-state index is 5.21. The van der Waals surface area contributed by atoms with Crippen molar-refractivity contribution in [3.63, 3.8) is 0 Å². The lowest BCUT2D eigenvalue weighted by Gasteiger charge is -2.12. The molecule has 1 saturated carbocycles. The van der Waals surface area contributed by atoms with Crippen LogP contribution in [0.25, 0.3) is 10.2 Å². The van der Waals surface area contributed by atoms with Crippen molar-refractivity contribution < 1.29 is 0 Å². The number of hydrogen-bond acceptors (Lipinski definition) is 4. The topological polar surface area (TPSA) is 31.1 Å². The molecule has 0 spiro atoms. The van der Waals surface area contributed by atoms with Gasteiger partial charge in [0, 0.05) is 37.4 Å². The van der Waals surface area contributed by atoms with Crippen molar-refractivity contribution in [2.75, 3.05) is 24.3 Å². The van der Waals surface area contributed by atoms with E-state index in [9.17, 15) is 0 Å². The van der Waals surface area contributed by atoms with E-state index in [1.54, 1.807) is 11.3 Å². The lowest BCUT2D eigenvalue weighted by Crippen LogP contribution is -2.08. The highest BCUT2D eigenvalue weighted by molar-refractivity contribution is 7.73. The molecule has 1 aliphatic rings. The fourth-order valence-electron chi connectivity index (χ4n) is 2.99. The Balaban J connectivity index is 1.46. The molecule has 0 amide bonds. The van der Waals surface area contributed by atoms with E-state index in [4.69, 9.17) is 12.2 Å². The minimum Gasteiger partial charge on any atom is -0.382 e. The van der Waals surface area contributed by atoms with E-state index in [1.165, 1.54) is 28.1 Å². The molecular weight excluding hydrogens is 322 g/mol. The van der Waals surface area contributed by atoms with Crippen molar-refractivity contribution in [3.8, 4) is 0 Å². The van der Waals surface area contributed by atoms with E-state index < -0.39 is 0 Å². The first-order valence-electron chi connectivity index (χ1n) is 7.77. The molecule has 0 bridgehead atoms. The Morgan fingerprint density at radius 3 is 2.70 bits per heavy atom. The number of nitrogens with one attached hydrogen (secondary N) is 2. The third kappa shape index (κ3) is 2.99. The Bertz CT molecular complexity index is 893. The van der Waals surface area contributed by atoms with Gasteiger partial charge in [-0.1, -0.05) is 12.1 Å². The van der Waals surface area contributed by atoms with Crippen LogP contribution >= 0.6 is 23.6 Å². The summed E-state index contributed by atoms with van der Waals surface area (Å²) in [4.78, 5) is 5.34. The molecule has 1 fully saturated rings. The van der Waals surface area contributed by atoms with Crippen LogP contribution in [0.1, 0.15) is 17.9 Å². The number of nitrogens with zero attached hydrogens (tertiary/aromatic N) is 1. The second-order valence-electron chi connectivity index (χ2n) is 6.30. The quantitative estimate of drug-likeness (QED) is 0.655. The van der Waals surface area contributed by atoms with Crippen molar-refractivity contribution in [1.29, 1.82) is 0 Å². The molecule has 2 aromatic carbocycles. The Labute approximate surface area is 145 Å². The fraction of sp³-hybridized carbons (Fsp3) is 0.278. The first-order valence-corrected chi connectivity index (χ1v) is 8.99. The second-order valence-corrected chi connectivity index (χ2v) is 8.02. The fourth-order valence-corrected chi connectivity index (χ4v) is 4.15. The van der Waals surface area contributed by atoms with Gasteiger partial charge in [-0.2, -0.15) is 0 Å². The number of thiazole rings is 1. The van der Waals surface area contributed by atoms with E-state index in [0.717, 1.165) is 9.47 Å². The summed E-state index contributed by atoms with van der Waals surface area (Å²) in [6.07, 6.45) is 1.20. The predicted octanol–water partition coefficient (Wildman–Crippen LogP) is 4.99. The molecule has 3 aromatic rings. The molecule has 2 N–H and O–H groups in total. The van der Waals surface area contributed by atoms with Crippen molar-refractivity contribution in [3.05, 3.63) is 52.0 Å². The molecule has 0 saturated heterocycles. The summed E-state index contributed by atoms with van der Waals surface area (Å²) in [7, 11) is 4.14. The van der Waals surface area contributed by atoms with Crippen LogP contribution in [-0.4, -0.2) is 25.1 Å². The third-order valence-electron chi connectivity index (χ3n) is 4.40. The van der Waals surface area contributed by atoms with Gasteiger partial charge >= 0.3 is 0 Å². The van der Waals surface area contributed by atoms with Gasteiger partial charge in [0.2, 0.25) is 0 Å². The minimum absolute atomic E-state index is 0.532. The van der Waals surface area contributed by atoms with Crippen LogP contribution in [-0.2, 0) is 0 Å². The molecule has 0 radical (unpaired) electrons. The highest BCUT2D eigenvalue weighted by Crippen LogP contribution is 2.43. The van der Waals surface area contributed by atoms with Crippen molar-refractivity contribution >= 4 is 45.1 Å². The van der Waals surface area contributed by atoms with E-state index in [2.05, 4.69) is 71.8 Å². The summed E-state index contributed by atoms with van der Waals surface area (Å²) in [6.45, 7) is 0. The van der Waals surface area contributed by atoms with E-state index in [-0.39, 0.29) is 0 Å². The van der Waals surface area contributed by atoms with E-state index >= 15 is 0 Å². The first-order chi connectivity index (χ1) is 11.1. The lowest BCUT2D eigenvalue weighted by molar-refractivity contribution is 1.04. The van der Waals surface area contributed by atoms with Gasteiger partial charge in [0.25, 0.3) is 0 Å². The number of aromatic amines is 1. The van der Waals surface area contributed by atoms with Gasteiger partial charge in [0.1, 0.15) is 0 Å². The molecule has 5 heteroatoms. The van der Waals surface area contributed by atoms with Crippen LogP contribution in [0.3, 0.4) is 0 Å². The third-order valence-corrected chi connectivity index (χ3v) is 5.60. The highest BCUT2D eigenvalue weighted by Gasteiger charge is 2.38. The largest absolute Gasteiger partial charge is 0.382 e. The van der Waals surface area contributed by atoms with Gasteiger partial charge in [0.15, 0.2) is 3.95 Å². The number of fused-ring (bicyclic) bond motifs is 1. The highest BCUT2D eigenvalue weighted by atomic mass is 32.1. The molecule has 4 rings (SSSR count). The number of anilines is 2. The van der Waals surface area contributed by atoms with Gasteiger partial charge in [0.05, 0.1) is 10.2 Å². The van der Waals surface area contributed by atoms with Crippen LogP contribution in [0.5, 0.6) is 0 Å². The Morgan fingerprint density at radius 1 is 1.17 bits per heavy atom. The number of benzene rings is 2. The molecule has 118 valence electrons. The number of rotatable bonds is 4. The second kappa shape index (κ2) is 5.65. The summed E-state index contributed by atoms with van der Waals surface area (Å²) in [5.74, 6) is 0.617. The summed E-state index contributed by atoms with van der Waals surface area (Å²) in [5, 5.41) is 3.65. The average molecular weight is 342 g/mol. The monoisotopic (exact) mass is 341 g/mol. The molecule has 1 heterocycles. The minimum atomic E-state index is 0.532. The van der Waals surface area contributed by atoms with Crippen molar-refractivity contribution in [2.45, 2.75) is 18.4 Å². The average Bonchev–Trinajstić information content (AvgIpc) is 3.19. The zero-order chi connectivity index (χ0) is 16.0. The standard InChI is InChI=1S/C18H19N3S2/c1-21(2)13-6-3-11(4-7-13)14-10-16(14)19-12-5-8-15-17(9-12)23-18(22)20-15/h3-9,14,16,19H,10H2,1-2H3,(H,20,22). The maximum Gasteiger partial charge on any atom is 0.159 e. The summed E-state index contributed by atoms with van der Waals surface area (Å²) >= 11 is 6.84. The Kier molecular flexibility index (Phi) is 3.62. The van der Waals surface area contributed by atoms with Crippen LogP contribution in [0.4, 0.5) is 11.4 Å². The van der Waals surface area contributed by atoms with Crippen LogP contribution < -0.4 is 10.2 Å². The lowest BCUT2D eigenvalue weighted by atomic mass is 10.1. The zero-order valence-corrected chi connectivity index (χ0v) is 14.8. The van der Waals surface area contributed by atoms with Gasteiger partial charge in [-0.15, -0.1) is 11.3 Å². The van der Waals surface area contributed by atoms with Gasteiger partial charge in [-0.05, 0) is 54.5 Å². The first kappa shape index (κ1) is 14.7. The smallest absolute Gasteiger partial charge is 0.159 e. The predicted molar refractivity (Wildman–Crippen MR) is 103 cm³/mol. The Morgan fingerprint density at radius 2 is 1.96 bits per heavy atom. The summed E-state index contributed by atoms with van der Waals surface area (Å²) in [6, 6.07) is 15.9. The molecule has 3 nitrogen and oxygen atoms in total. The molecular formula is C18H19N3S2.